The van der Waals surface area contributed by atoms with Gasteiger partial charge in [-0.25, -0.2) is 0 Å². The highest BCUT2D eigenvalue weighted by Gasteiger charge is 2.18. The molecule has 0 spiro atoms. The van der Waals surface area contributed by atoms with Crippen molar-refractivity contribution < 1.29 is 0 Å². The van der Waals surface area contributed by atoms with E-state index in [4.69, 9.17) is 0 Å². The second kappa shape index (κ2) is 8.79. The normalized spacial score (nSPS) is 14.6. The Bertz CT molecular complexity index is 1120. The highest BCUT2D eigenvalue weighted by Crippen LogP contribution is 2.38. The summed E-state index contributed by atoms with van der Waals surface area (Å²) >= 11 is 3.58. The molecule has 1 fully saturated rings. The molecule has 0 bridgehead atoms. The largest absolute Gasteiger partial charge is 0.354 e. The molecule has 1 N–H and O–H groups in total. The Morgan fingerprint density at radius 1 is 0.800 bits per heavy atom. The molecule has 1 aromatic heterocycles. The van der Waals surface area contributed by atoms with Crippen LogP contribution in [0.3, 0.4) is 0 Å². The van der Waals surface area contributed by atoms with E-state index >= 15 is 0 Å². The van der Waals surface area contributed by atoms with Crippen molar-refractivity contribution in [2.24, 2.45) is 0 Å². The Kier molecular flexibility index (Phi) is 5.74. The average Bonchev–Trinajstić information content (AvgIpc) is 3.43. The maximum absolute atomic E-state index is 3.76. The van der Waals surface area contributed by atoms with Gasteiger partial charge in [-0.15, -0.1) is 0 Å². The molecule has 3 aromatic carbocycles. The summed E-state index contributed by atoms with van der Waals surface area (Å²) in [4.78, 5) is 6.38. The van der Waals surface area contributed by atoms with E-state index in [0.717, 1.165) is 10.9 Å². The smallest absolute Gasteiger partial charge is 0.0497 e. The van der Waals surface area contributed by atoms with Crippen LogP contribution in [0.15, 0.2) is 77.3 Å². The first kappa shape index (κ1) is 19.6. The number of H-pyrrole nitrogens is 1. The van der Waals surface area contributed by atoms with E-state index < -0.39 is 0 Å². The third-order valence-corrected chi connectivity index (χ3v) is 6.77. The summed E-state index contributed by atoms with van der Waals surface area (Å²) in [5.74, 6) is 0. The van der Waals surface area contributed by atoms with E-state index in [-0.39, 0.29) is 0 Å². The number of aryl methyl sites for hydroxylation is 1. The second-order valence-electron chi connectivity index (χ2n) is 8.23. The Labute approximate surface area is 187 Å². The molecule has 3 heteroatoms. The Morgan fingerprint density at radius 2 is 1.57 bits per heavy atom. The minimum Gasteiger partial charge on any atom is -0.354 e. The van der Waals surface area contributed by atoms with Gasteiger partial charge in [0.15, 0.2) is 0 Å². The van der Waals surface area contributed by atoms with Gasteiger partial charge in [0.1, 0.15) is 0 Å². The lowest BCUT2D eigenvalue weighted by atomic mass is 9.95. The van der Waals surface area contributed by atoms with Gasteiger partial charge in [-0.3, -0.25) is 0 Å². The van der Waals surface area contributed by atoms with E-state index in [9.17, 15) is 0 Å². The number of hydrogen-bond donors (Lipinski definition) is 1. The number of fused-ring (bicyclic) bond motifs is 1. The molecular formula is C27H27BrN2. The molecule has 0 unspecified atom stereocenters. The van der Waals surface area contributed by atoms with Gasteiger partial charge in [0, 0.05) is 21.1 Å². The molecule has 0 radical (unpaired) electrons. The molecule has 152 valence electrons. The lowest BCUT2D eigenvalue weighted by Gasteiger charge is -2.15. The lowest BCUT2D eigenvalue weighted by Crippen LogP contribution is -2.20. The quantitative estimate of drug-likeness (QED) is 0.321. The molecule has 0 saturated carbocycles. The number of benzene rings is 3. The third-order valence-electron chi connectivity index (χ3n) is 6.25. The fourth-order valence-electron chi connectivity index (χ4n) is 4.77. The molecule has 0 amide bonds. The number of nitrogens with one attached hydrogen (secondary N) is 1. The zero-order chi connectivity index (χ0) is 20.3. The van der Waals surface area contributed by atoms with Gasteiger partial charge in [-0.2, -0.15) is 0 Å². The van der Waals surface area contributed by atoms with Crippen molar-refractivity contribution in [2.45, 2.75) is 25.7 Å². The number of aromatic amines is 1. The van der Waals surface area contributed by atoms with E-state index in [2.05, 4.69) is 98.6 Å². The SMILES string of the molecule is Brc1ccc(-c2[nH]c3cccc(-c4ccccc4)c3c2CCCN2CCCC2)cc1. The molecule has 0 aliphatic carbocycles. The summed E-state index contributed by atoms with van der Waals surface area (Å²) in [5.41, 5.74) is 7.80. The maximum Gasteiger partial charge on any atom is 0.0497 e. The first-order chi connectivity index (χ1) is 14.8. The fourth-order valence-corrected chi connectivity index (χ4v) is 5.04. The highest BCUT2D eigenvalue weighted by atomic mass is 79.9. The van der Waals surface area contributed by atoms with Crippen LogP contribution in [-0.4, -0.2) is 29.5 Å². The van der Waals surface area contributed by atoms with Crippen molar-refractivity contribution in [1.29, 1.82) is 0 Å². The van der Waals surface area contributed by atoms with E-state index in [0.29, 0.717) is 0 Å². The standard InChI is InChI=1S/C27H27BrN2/c28-22-15-13-21(14-16-22)27-24(11-7-19-30-17-4-5-18-30)26-23(10-6-12-25(26)29-27)20-8-2-1-3-9-20/h1-3,6,8-10,12-16,29H,4-5,7,11,17-19H2. The van der Waals surface area contributed by atoms with Crippen LogP contribution in [0, 0.1) is 0 Å². The van der Waals surface area contributed by atoms with Gasteiger partial charge in [0.2, 0.25) is 0 Å². The zero-order valence-electron chi connectivity index (χ0n) is 17.2. The summed E-state index contributed by atoms with van der Waals surface area (Å²) in [6.07, 6.45) is 5.00. The summed E-state index contributed by atoms with van der Waals surface area (Å²) in [6.45, 7) is 3.73. The molecular weight excluding hydrogens is 432 g/mol. The fraction of sp³-hybridized carbons (Fsp3) is 0.259. The summed E-state index contributed by atoms with van der Waals surface area (Å²) in [5, 5.41) is 1.38. The average molecular weight is 459 g/mol. The van der Waals surface area contributed by atoms with Gasteiger partial charge in [0.25, 0.3) is 0 Å². The Hall–Kier alpha value is -2.36. The number of hydrogen-bond acceptors (Lipinski definition) is 1. The number of aromatic nitrogens is 1. The monoisotopic (exact) mass is 458 g/mol. The van der Waals surface area contributed by atoms with Crippen molar-refractivity contribution in [1.82, 2.24) is 9.88 Å². The Balaban J connectivity index is 1.60. The van der Waals surface area contributed by atoms with Gasteiger partial charge in [0.05, 0.1) is 0 Å². The predicted octanol–water partition coefficient (Wildman–Crippen LogP) is 7.29. The van der Waals surface area contributed by atoms with Crippen molar-refractivity contribution in [3.05, 3.63) is 82.8 Å². The lowest BCUT2D eigenvalue weighted by molar-refractivity contribution is 0.334. The predicted molar refractivity (Wildman–Crippen MR) is 131 cm³/mol. The van der Waals surface area contributed by atoms with Crippen LogP contribution < -0.4 is 0 Å². The number of halogens is 1. The summed E-state index contributed by atoms with van der Waals surface area (Å²) < 4.78 is 1.11. The van der Waals surface area contributed by atoms with Crippen LogP contribution >= 0.6 is 15.9 Å². The molecule has 2 nitrogen and oxygen atoms in total. The molecule has 4 aromatic rings. The molecule has 2 heterocycles. The highest BCUT2D eigenvalue weighted by molar-refractivity contribution is 9.10. The van der Waals surface area contributed by atoms with Crippen LogP contribution in [-0.2, 0) is 6.42 Å². The van der Waals surface area contributed by atoms with Crippen molar-refractivity contribution >= 4 is 26.8 Å². The second-order valence-corrected chi connectivity index (χ2v) is 9.15. The van der Waals surface area contributed by atoms with Crippen LogP contribution in [0.5, 0.6) is 0 Å². The van der Waals surface area contributed by atoms with Crippen molar-refractivity contribution in [3.8, 4) is 22.4 Å². The summed E-state index contributed by atoms with van der Waals surface area (Å²) in [7, 11) is 0. The number of rotatable bonds is 6. The van der Waals surface area contributed by atoms with Gasteiger partial charge in [-0.05, 0) is 85.8 Å². The van der Waals surface area contributed by atoms with Crippen LogP contribution in [0.25, 0.3) is 33.3 Å². The minimum absolute atomic E-state index is 1.09. The van der Waals surface area contributed by atoms with Gasteiger partial charge >= 0.3 is 0 Å². The molecule has 0 atom stereocenters. The first-order valence-electron chi connectivity index (χ1n) is 11.0. The van der Waals surface area contributed by atoms with E-state index in [1.54, 1.807) is 0 Å². The van der Waals surface area contributed by atoms with Crippen LogP contribution in [0.2, 0.25) is 0 Å². The zero-order valence-corrected chi connectivity index (χ0v) is 18.8. The third kappa shape index (κ3) is 3.97. The van der Waals surface area contributed by atoms with E-state index in [1.165, 1.54) is 77.7 Å². The van der Waals surface area contributed by atoms with Crippen molar-refractivity contribution in [3.63, 3.8) is 0 Å². The van der Waals surface area contributed by atoms with Gasteiger partial charge in [-0.1, -0.05) is 70.5 Å². The number of nitrogens with zero attached hydrogens (tertiary/aromatic N) is 1. The van der Waals surface area contributed by atoms with Gasteiger partial charge < -0.3 is 9.88 Å². The van der Waals surface area contributed by atoms with Crippen LogP contribution in [0.4, 0.5) is 0 Å². The molecule has 5 rings (SSSR count). The summed E-state index contributed by atoms with van der Waals surface area (Å²) in [6, 6.07) is 26.1. The minimum atomic E-state index is 1.09. The van der Waals surface area contributed by atoms with Crippen molar-refractivity contribution in [2.75, 3.05) is 19.6 Å². The molecule has 1 saturated heterocycles. The van der Waals surface area contributed by atoms with E-state index in [1.807, 2.05) is 0 Å². The first-order valence-corrected chi connectivity index (χ1v) is 11.8. The molecule has 1 aliphatic rings. The number of likely N-dealkylation sites (tertiary alicyclic amines) is 1. The van der Waals surface area contributed by atoms with Crippen LogP contribution in [0.1, 0.15) is 24.8 Å². The Morgan fingerprint density at radius 3 is 2.33 bits per heavy atom. The maximum atomic E-state index is 3.76. The molecule has 1 aliphatic heterocycles. The topological polar surface area (TPSA) is 19.0 Å². The molecule has 30 heavy (non-hydrogen) atoms.